The summed E-state index contributed by atoms with van der Waals surface area (Å²) in [5.41, 5.74) is 4.57. The first-order valence-corrected chi connectivity index (χ1v) is 37.0. The summed E-state index contributed by atoms with van der Waals surface area (Å²) < 4.78 is 71.3. The molecule has 9 N–H and O–H groups in total. The number of esters is 3. The van der Waals surface area contributed by atoms with Crippen LogP contribution >= 0.6 is 17.8 Å². The van der Waals surface area contributed by atoms with E-state index in [1.165, 1.54) is 26.1 Å². The number of carbonyl (C=O) groups excluding carboxylic acids is 3. The van der Waals surface area contributed by atoms with Crippen LogP contribution in [0.15, 0.2) is 91.3 Å². The van der Waals surface area contributed by atoms with Crippen molar-refractivity contribution < 1.29 is 126 Å². The predicted octanol–water partition coefficient (Wildman–Crippen LogP) is 11.9. The third kappa shape index (κ3) is 47.3. The van der Waals surface area contributed by atoms with Crippen LogP contribution < -0.4 is 5.73 Å². The maximum atomic E-state index is 11.9. The topological polar surface area (TPSA) is 637 Å². The summed E-state index contributed by atoms with van der Waals surface area (Å²) in [7, 11) is 14.6. The van der Waals surface area contributed by atoms with Gasteiger partial charge < -0.3 is 59.8 Å². The number of nitro benzene ring substituents is 6. The number of benzene rings is 5. The van der Waals surface area contributed by atoms with Gasteiger partial charge in [-0.2, -0.15) is 8.42 Å². The number of aromatic carboxylic acids is 2. The number of carboxylic acid groups (broad SMARTS) is 2. The number of nitro groups is 6. The van der Waals surface area contributed by atoms with Crippen molar-refractivity contribution in [2.45, 2.75) is 77.2 Å². The van der Waals surface area contributed by atoms with Crippen LogP contribution in [0, 0.1) is 91.6 Å². The Morgan fingerprint density at radius 1 is 0.615 bits per heavy atom. The summed E-state index contributed by atoms with van der Waals surface area (Å²) in [4.78, 5) is 131. The number of anilines is 1. The van der Waals surface area contributed by atoms with Gasteiger partial charge in [0.2, 0.25) is 6.41 Å². The number of rotatable bonds is 19. The molecule has 0 atom stereocenters. The number of aromatic amines is 1. The van der Waals surface area contributed by atoms with Gasteiger partial charge in [-0.3, -0.25) is 79.1 Å². The van der Waals surface area contributed by atoms with Gasteiger partial charge in [-0.05, 0) is 105 Å². The van der Waals surface area contributed by atoms with Crippen molar-refractivity contribution in [3.8, 4) is 0 Å². The second kappa shape index (κ2) is 61.0. The van der Waals surface area contributed by atoms with Crippen LogP contribution in [0.3, 0.4) is 0 Å². The predicted molar refractivity (Wildman–Crippen MR) is 399 cm³/mol. The fraction of sp³-hybridized carbons (Fsp3) is 0.361. The Kier molecular flexibility index (Phi) is 62.3. The molecule has 0 unspecified atom stereocenters. The zero-order valence-corrected chi connectivity index (χ0v) is 63.5. The van der Waals surface area contributed by atoms with Gasteiger partial charge in [-0.1, -0.05) is 40.5 Å². The number of aliphatic hydroxyl groups excluding tert-OH is 1. The molecular formula is C61H88Cl2FN11O32SSn. The summed E-state index contributed by atoms with van der Waals surface area (Å²) in [6.07, 6.45) is 4.40. The average Bonchev–Trinajstić information content (AvgIpc) is 0.825. The first-order chi connectivity index (χ1) is 49.6. The number of carbonyl (C=O) groups is 5. The number of methoxy groups -OCH3 is 2. The van der Waals surface area contributed by atoms with E-state index in [-0.39, 0.29) is 82.3 Å². The van der Waals surface area contributed by atoms with Gasteiger partial charge in [0.05, 0.1) is 109 Å². The second-order valence-corrected chi connectivity index (χ2v) is 24.1. The number of hydrogen-bond acceptors (Lipinski definition) is 30. The van der Waals surface area contributed by atoms with Gasteiger partial charge in [0.25, 0.3) is 39.2 Å². The molecule has 610 valence electrons. The molecule has 48 heteroatoms. The van der Waals surface area contributed by atoms with E-state index in [9.17, 15) is 89.0 Å². The van der Waals surface area contributed by atoms with Crippen LogP contribution in [0.2, 0.25) is 0 Å². The number of aliphatic hydroxyl groups is 1. The van der Waals surface area contributed by atoms with Crippen LogP contribution in [0.1, 0.15) is 125 Å². The van der Waals surface area contributed by atoms with Crippen LogP contribution in [-0.2, 0) is 34.1 Å². The van der Waals surface area contributed by atoms with Crippen molar-refractivity contribution in [2.75, 3.05) is 81.7 Å². The summed E-state index contributed by atoms with van der Waals surface area (Å²) in [6.45, 7) is 11.7. The molecule has 0 aliphatic heterocycles. The molecule has 2 radical (unpaired) electrons. The van der Waals surface area contributed by atoms with Crippen molar-refractivity contribution in [1.82, 2.24) is 14.8 Å². The molecule has 0 aliphatic carbocycles. The number of fused-ring (bicyclic) bond motifs is 1. The fourth-order valence-electron chi connectivity index (χ4n) is 7.16. The molecule has 5 aromatic carbocycles. The molecule has 109 heavy (non-hydrogen) atoms. The number of H-pyrrole nitrogens is 1. The number of nitrogens with one attached hydrogen (secondary N) is 1. The van der Waals surface area contributed by atoms with E-state index in [1.807, 2.05) is 31.1 Å². The number of aryl methyl sites for hydroxylation is 1. The zero-order valence-electron chi connectivity index (χ0n) is 59.3. The molecule has 1 heterocycles. The first kappa shape index (κ1) is 111. The molecular weight excluding hydrogens is 1640 g/mol. The van der Waals surface area contributed by atoms with Crippen molar-refractivity contribution in [3.63, 3.8) is 0 Å². The number of aromatic nitrogens is 1. The average molecular weight is 1730 g/mol. The van der Waals surface area contributed by atoms with Crippen LogP contribution in [0.4, 0.5) is 44.2 Å². The Hall–Kier alpha value is -11.1. The molecule has 0 aliphatic rings. The summed E-state index contributed by atoms with van der Waals surface area (Å²) in [5.74, 6) is -4.31. The summed E-state index contributed by atoms with van der Waals surface area (Å²) in [5, 5.41) is 104. The Morgan fingerprint density at radius 2 is 0.945 bits per heavy atom. The number of carboxylic acids is 2. The van der Waals surface area contributed by atoms with Crippen molar-refractivity contribution in [2.24, 2.45) is 0 Å². The number of alkyl halides is 1. The van der Waals surface area contributed by atoms with E-state index in [1.54, 1.807) is 104 Å². The number of nitrogens with zero attached hydrogens (tertiary/aromatic N) is 9. The molecule has 1 aromatic heterocycles. The van der Waals surface area contributed by atoms with Gasteiger partial charge in [0, 0.05) is 87.0 Å². The molecule has 0 saturated carbocycles. The molecule has 6 rings (SSSR count). The van der Waals surface area contributed by atoms with E-state index in [0.29, 0.717) is 23.4 Å². The van der Waals surface area contributed by atoms with Crippen LogP contribution in [-0.4, -0.2) is 219 Å². The van der Waals surface area contributed by atoms with E-state index < -0.39 is 135 Å². The standard InChI is InChI=1S/C13H15N3O6.C11H12N2O2.C10H10N2O6.C8H6N2O6.C8H8O2.C5H13NO2.C2H6O.CH3F.3CH4.2ClH.HNO3.H2O4S.Sn/c1-4-22-13(17)11-7-9(15(18)19)8-12(16(20)21)10(11)5-6-14(2)3;1-2-15-11(14)9-5-7(12)6-10-8(9)3-4-13-10;1-3-18-10(13)8-4-7(11(14)15)5-9(6(8)2)12(16)17;1-4-6(8(11)12)2-5(9(13)14)3-7(4)10(15)16;1-6-4-2-3-5-7(6)8(9)10;1-6(2)5(7-3)8-4;1-2-3;1-2;;;;;;2-1(3)4;1-5(2,3)4;/h5-8H,4H2,1-3H3;3-6,13H,2,12H2,1H3;4-5H,3H2,1-2H3;2-3H,1H3,(H,11,12);2-5H,1H3,(H,9,10);5H,1-4H3;3H,2H2,1H3;1H3;3*1H4;2*1H;(H,2,3,4);(H2,1,2,3,4);/q;;;;;;;;;;;;;;;+2/p-2/b6-5+;;;;;;;;;;;;;;;/i;;;;;;;1D;;;;;;;;. The van der Waals surface area contributed by atoms with Gasteiger partial charge >= 0.3 is 77.0 Å². The second-order valence-electron chi connectivity index (χ2n) is 18.9. The molecule has 6 aromatic rings. The fourth-order valence-corrected chi connectivity index (χ4v) is 7.16. The Labute approximate surface area is 642 Å². The van der Waals surface area contributed by atoms with Crippen LogP contribution in [0.5, 0.6) is 0 Å². The van der Waals surface area contributed by atoms with Gasteiger partial charge in [0.1, 0.15) is 0 Å². The number of nitrogens with two attached hydrogens (primary N) is 1. The Morgan fingerprint density at radius 3 is 1.25 bits per heavy atom. The molecule has 0 amide bonds. The molecule has 0 saturated heterocycles. The number of halogens is 3. The molecule has 0 bridgehead atoms. The molecule has 0 spiro atoms. The Balaban J connectivity index is -0.000000183. The van der Waals surface area contributed by atoms with Crippen molar-refractivity contribution in [3.05, 3.63) is 212 Å². The van der Waals surface area contributed by atoms with Crippen molar-refractivity contribution in [1.29, 1.82) is 0 Å². The molecule has 43 nitrogen and oxygen atoms in total. The van der Waals surface area contributed by atoms with E-state index in [0.717, 1.165) is 52.9 Å². The number of nitrogen functional groups attached to an aromatic ring is 1. The van der Waals surface area contributed by atoms with Gasteiger partial charge in [-0.25, -0.2) is 24.0 Å². The third-order valence-corrected chi connectivity index (χ3v) is 11.2. The van der Waals surface area contributed by atoms with Gasteiger partial charge in [0.15, 0.2) is 0 Å². The van der Waals surface area contributed by atoms with E-state index >= 15 is 0 Å². The summed E-state index contributed by atoms with van der Waals surface area (Å²) in [6, 6.07) is 17.3. The first-order valence-electron chi connectivity index (χ1n) is 29.1. The quantitative estimate of drug-likeness (QED) is 0.00546. The minimum absolute atomic E-state index is 0. The van der Waals surface area contributed by atoms with E-state index in [4.69, 9.17) is 96.8 Å². The monoisotopic (exact) mass is 1730 g/mol. The summed E-state index contributed by atoms with van der Waals surface area (Å²) >= 11 is -0.826. The SMILES string of the molecule is C.C.C.CCO.CCOC(=O)c1cc(N)cc2[nH]ccc12.CCOC(=O)c1cc([N+](=O)[O-])cc([N+](=O)[O-])c1/C=C/N(C)C.CCOC(=O)c1cc([N+](=O)[O-])cc([N+](=O)[O-])c1C.COC(OC)N(C)C.Cc1c(C(=O)O)cc([N+](=O)[O-])cc1[N+](=O)[O-].Cc1ccccc1C(=O)O.O=S(=O)(O)O.O=[N+]([O-])O.[2H]CF.[Cl][Sn][Cl]. The van der Waals surface area contributed by atoms with E-state index in [2.05, 4.69) is 4.98 Å². The number of ether oxygens (including phenoxy) is 5. The van der Waals surface area contributed by atoms with Crippen LogP contribution in [0.25, 0.3) is 17.0 Å². The van der Waals surface area contributed by atoms with Crippen molar-refractivity contribution >= 4 is 134 Å². The number of non-ortho nitro benzene ring substituents is 3. The Bertz CT molecular complexity index is 4030. The molecule has 0 fully saturated rings. The number of hydrogen-bond donors (Lipinski definition) is 8. The third-order valence-electron chi connectivity index (χ3n) is 11.2. The normalized spacial score (nSPS) is 9.57. The minimum atomic E-state index is -4.67. The van der Waals surface area contributed by atoms with Gasteiger partial charge in [-0.15, -0.1) is 10.1 Å². The zero-order chi connectivity index (χ0) is 84.4. The maximum absolute atomic E-state index is 11.9.